The zero-order valence-corrected chi connectivity index (χ0v) is 9.91. The predicted octanol–water partition coefficient (Wildman–Crippen LogP) is -0.455. The van der Waals surface area contributed by atoms with Crippen LogP contribution in [-0.2, 0) is 0 Å². The molecule has 2 aromatic rings. The first kappa shape index (κ1) is 12.0. The average Bonchev–Trinajstić information content (AvgIpc) is 2.38. The Bertz CT molecular complexity index is 609. The zero-order chi connectivity index (χ0) is 13.1. The van der Waals surface area contributed by atoms with Crippen molar-refractivity contribution in [3.05, 3.63) is 28.8 Å². The van der Waals surface area contributed by atoms with Crippen molar-refractivity contribution in [2.45, 2.75) is 0 Å². The van der Waals surface area contributed by atoms with Gasteiger partial charge in [-0.2, -0.15) is 9.97 Å². The molecule has 0 bridgehead atoms. The van der Waals surface area contributed by atoms with Crippen LogP contribution >= 0.6 is 0 Å². The fraction of sp³-hybridized carbons (Fsp3) is 0.200. The molecule has 0 saturated carbocycles. The van der Waals surface area contributed by atoms with Crippen LogP contribution in [0.15, 0.2) is 23.1 Å². The third-order valence-corrected chi connectivity index (χ3v) is 2.17. The van der Waals surface area contributed by atoms with Gasteiger partial charge in [-0.1, -0.05) is 0 Å². The topological polar surface area (TPSA) is 110 Å². The predicted molar refractivity (Wildman–Crippen MR) is 65.0 cm³/mol. The van der Waals surface area contributed by atoms with E-state index in [0.29, 0.717) is 11.4 Å². The number of pyridine rings is 1. The Morgan fingerprint density at radius 1 is 1.44 bits per heavy atom. The number of hydrazine groups is 1. The molecule has 0 radical (unpaired) electrons. The van der Waals surface area contributed by atoms with Gasteiger partial charge in [-0.25, -0.2) is 15.6 Å². The number of hydrogen-bond acceptors (Lipinski definition) is 7. The maximum atomic E-state index is 11.4. The third-order valence-electron chi connectivity index (χ3n) is 2.17. The van der Waals surface area contributed by atoms with E-state index in [0.717, 1.165) is 5.01 Å². The first-order chi connectivity index (χ1) is 8.61. The highest BCUT2D eigenvalue weighted by molar-refractivity contribution is 5.59. The highest BCUT2D eigenvalue weighted by Crippen LogP contribution is 2.23. The molecule has 0 atom stereocenters. The minimum atomic E-state index is -0.556. The largest absolute Gasteiger partial charge is 0.494 e. The third kappa shape index (κ3) is 2.28. The lowest BCUT2D eigenvalue weighted by Crippen LogP contribution is -2.30. The zero-order valence-electron chi connectivity index (χ0n) is 9.91. The number of aromatic nitrogens is 4. The molecule has 2 heterocycles. The van der Waals surface area contributed by atoms with Crippen LogP contribution < -0.4 is 21.3 Å². The minimum Gasteiger partial charge on any atom is -0.494 e. The van der Waals surface area contributed by atoms with Gasteiger partial charge < -0.3 is 4.74 Å². The Balaban J connectivity index is 2.60. The van der Waals surface area contributed by atoms with E-state index in [-0.39, 0.29) is 11.8 Å². The van der Waals surface area contributed by atoms with Crippen molar-refractivity contribution in [1.82, 2.24) is 19.9 Å². The van der Waals surface area contributed by atoms with Gasteiger partial charge in [-0.05, 0) is 12.1 Å². The molecule has 2 rings (SSSR count). The van der Waals surface area contributed by atoms with E-state index in [1.54, 1.807) is 18.3 Å². The quantitative estimate of drug-likeness (QED) is 0.558. The molecule has 0 spiro atoms. The summed E-state index contributed by atoms with van der Waals surface area (Å²) in [5.41, 5.74) is -0.136. The van der Waals surface area contributed by atoms with Crippen molar-refractivity contribution in [3.8, 4) is 17.3 Å². The lowest BCUT2D eigenvalue weighted by atomic mass is 10.3. The Kier molecular flexibility index (Phi) is 3.20. The van der Waals surface area contributed by atoms with E-state index in [4.69, 9.17) is 10.6 Å². The molecule has 0 saturated heterocycles. The van der Waals surface area contributed by atoms with E-state index in [1.807, 2.05) is 0 Å². The van der Waals surface area contributed by atoms with Crippen molar-refractivity contribution >= 4 is 5.95 Å². The molecule has 0 fully saturated rings. The number of hydrogen-bond donors (Lipinski definition) is 2. The number of aromatic amines is 1. The van der Waals surface area contributed by atoms with E-state index in [1.165, 1.54) is 14.2 Å². The second-order valence-corrected chi connectivity index (χ2v) is 3.47. The summed E-state index contributed by atoms with van der Waals surface area (Å²) in [6.07, 6.45) is 1.57. The molecule has 3 N–H and O–H groups in total. The highest BCUT2D eigenvalue weighted by atomic mass is 16.5. The number of ether oxygens (including phenoxy) is 1. The summed E-state index contributed by atoms with van der Waals surface area (Å²) in [7, 11) is 3.05. The number of H-pyrrole nitrogens is 1. The maximum Gasteiger partial charge on any atom is 0.349 e. The van der Waals surface area contributed by atoms with Gasteiger partial charge in [0.25, 0.3) is 0 Å². The molecular formula is C10H12N6O2. The first-order valence-corrected chi connectivity index (χ1v) is 5.08. The van der Waals surface area contributed by atoms with Crippen molar-refractivity contribution in [3.63, 3.8) is 0 Å². The number of nitrogens with one attached hydrogen (secondary N) is 1. The minimum absolute atomic E-state index is 0.0986. The van der Waals surface area contributed by atoms with E-state index < -0.39 is 5.69 Å². The molecule has 8 heteroatoms. The molecule has 0 aliphatic heterocycles. The van der Waals surface area contributed by atoms with Crippen molar-refractivity contribution in [1.29, 1.82) is 0 Å². The van der Waals surface area contributed by atoms with Gasteiger partial charge in [0.1, 0.15) is 11.4 Å². The lowest BCUT2D eigenvalue weighted by Gasteiger charge is -2.10. The molecule has 0 unspecified atom stereocenters. The Morgan fingerprint density at radius 3 is 2.89 bits per heavy atom. The molecule has 0 aliphatic rings. The normalized spacial score (nSPS) is 10.2. The van der Waals surface area contributed by atoms with Gasteiger partial charge in [0.15, 0.2) is 5.82 Å². The number of methoxy groups -OCH3 is 1. The molecule has 94 valence electrons. The summed E-state index contributed by atoms with van der Waals surface area (Å²) in [5, 5.41) is 1.15. The Morgan fingerprint density at radius 2 is 2.22 bits per heavy atom. The molecular weight excluding hydrogens is 236 g/mol. The summed E-state index contributed by atoms with van der Waals surface area (Å²) in [6.45, 7) is 0. The number of rotatable bonds is 3. The summed E-state index contributed by atoms with van der Waals surface area (Å²) >= 11 is 0. The Hall–Kier alpha value is -2.48. The van der Waals surface area contributed by atoms with E-state index in [2.05, 4.69) is 19.9 Å². The Labute approximate surface area is 102 Å². The second kappa shape index (κ2) is 4.80. The van der Waals surface area contributed by atoms with E-state index >= 15 is 0 Å². The number of nitrogens with zero attached hydrogens (tertiary/aromatic N) is 4. The summed E-state index contributed by atoms with van der Waals surface area (Å²) in [4.78, 5) is 25.8. The van der Waals surface area contributed by atoms with E-state index in [9.17, 15) is 4.79 Å². The smallest absolute Gasteiger partial charge is 0.349 e. The van der Waals surface area contributed by atoms with Crippen molar-refractivity contribution in [2.24, 2.45) is 5.84 Å². The van der Waals surface area contributed by atoms with Gasteiger partial charge in [0, 0.05) is 13.2 Å². The van der Waals surface area contributed by atoms with Crippen LogP contribution in [0.4, 0.5) is 5.95 Å². The molecule has 8 nitrogen and oxygen atoms in total. The highest BCUT2D eigenvalue weighted by Gasteiger charge is 2.12. The summed E-state index contributed by atoms with van der Waals surface area (Å²) in [6, 6.07) is 3.44. The second-order valence-electron chi connectivity index (χ2n) is 3.47. The monoisotopic (exact) mass is 248 g/mol. The molecule has 18 heavy (non-hydrogen) atoms. The number of nitrogens with two attached hydrogens (primary N) is 1. The number of anilines is 1. The van der Waals surface area contributed by atoms with Crippen molar-refractivity contribution < 1.29 is 4.74 Å². The molecule has 0 amide bonds. The fourth-order valence-corrected chi connectivity index (χ4v) is 1.38. The van der Waals surface area contributed by atoms with Gasteiger partial charge in [0.2, 0.25) is 5.95 Å². The standard InChI is InChI=1S/C10H12N6O2/c1-16(11)9-13-8(14-10(17)15-9)7-6(18-2)4-3-5-12-7/h3-5H,11H2,1-2H3,(H,13,14,15,17). The van der Waals surface area contributed by atoms with Crippen LogP contribution in [0.1, 0.15) is 0 Å². The summed E-state index contributed by atoms with van der Waals surface area (Å²) in [5.74, 6) is 6.35. The fourth-order valence-electron chi connectivity index (χ4n) is 1.38. The van der Waals surface area contributed by atoms with Crippen LogP contribution in [0.25, 0.3) is 11.5 Å². The van der Waals surface area contributed by atoms with Crippen LogP contribution in [0.3, 0.4) is 0 Å². The van der Waals surface area contributed by atoms with Crippen LogP contribution in [-0.4, -0.2) is 34.1 Å². The molecule has 0 aliphatic carbocycles. The van der Waals surface area contributed by atoms with Gasteiger partial charge in [0.05, 0.1) is 7.11 Å². The van der Waals surface area contributed by atoms with Crippen LogP contribution in [0.2, 0.25) is 0 Å². The van der Waals surface area contributed by atoms with Gasteiger partial charge in [-0.3, -0.25) is 9.99 Å². The molecule has 2 aromatic heterocycles. The maximum absolute atomic E-state index is 11.4. The average molecular weight is 248 g/mol. The van der Waals surface area contributed by atoms with Crippen molar-refractivity contribution in [2.75, 3.05) is 19.2 Å². The van der Waals surface area contributed by atoms with Gasteiger partial charge in [-0.15, -0.1) is 0 Å². The lowest BCUT2D eigenvalue weighted by molar-refractivity contribution is 0.414. The SMILES string of the molecule is COc1cccnc1-c1nc(N(C)N)nc(=O)[nH]1. The first-order valence-electron chi connectivity index (χ1n) is 5.08. The summed E-state index contributed by atoms with van der Waals surface area (Å²) < 4.78 is 5.15. The molecule has 0 aromatic carbocycles. The van der Waals surface area contributed by atoms with Crippen LogP contribution in [0, 0.1) is 0 Å². The van der Waals surface area contributed by atoms with Crippen LogP contribution in [0.5, 0.6) is 5.75 Å². The van der Waals surface area contributed by atoms with Gasteiger partial charge >= 0.3 is 5.69 Å².